The Morgan fingerprint density at radius 1 is 1.55 bits per heavy atom. The number of hydrogen-bond acceptors (Lipinski definition) is 3. The van der Waals surface area contributed by atoms with Crippen LogP contribution in [0.5, 0.6) is 0 Å². The molecule has 58 valence electrons. The highest BCUT2D eigenvalue weighted by molar-refractivity contribution is 5.76. The van der Waals surface area contributed by atoms with Crippen LogP contribution in [0.1, 0.15) is 6.42 Å². The van der Waals surface area contributed by atoms with Gasteiger partial charge in [0.2, 0.25) is 0 Å². The molecule has 1 spiro atoms. The zero-order chi connectivity index (χ0) is 7.31. The Hall–Kier alpha value is -0.670. The molecule has 0 radical (unpaired) electrons. The Morgan fingerprint density at radius 2 is 2.55 bits per heavy atom. The molecule has 3 aliphatic rings. The van der Waals surface area contributed by atoms with Crippen LogP contribution < -0.4 is 10.6 Å². The van der Waals surface area contributed by atoms with Gasteiger partial charge in [0.25, 0.3) is 0 Å². The first-order chi connectivity index (χ1) is 5.39. The summed E-state index contributed by atoms with van der Waals surface area (Å²) in [5, 5.41) is 6.85. The van der Waals surface area contributed by atoms with E-state index in [-0.39, 0.29) is 0 Å². The fourth-order valence-corrected chi connectivity index (χ4v) is 2.24. The lowest BCUT2D eigenvalue weighted by molar-refractivity contribution is 0.424. The van der Waals surface area contributed by atoms with Gasteiger partial charge in [-0.05, 0) is 12.0 Å². The molecule has 2 bridgehead atoms. The van der Waals surface area contributed by atoms with Crippen LogP contribution in [0, 0.1) is 5.41 Å². The molecule has 0 aromatic carbocycles. The second-order valence-electron chi connectivity index (χ2n) is 3.61. The van der Waals surface area contributed by atoms with Gasteiger partial charge in [-0.2, -0.15) is 0 Å². The second kappa shape index (κ2) is 1.73. The van der Waals surface area contributed by atoms with Crippen LogP contribution in [-0.2, 0) is 0 Å². The molecule has 3 heterocycles. The van der Waals surface area contributed by atoms with E-state index in [0.29, 0.717) is 11.6 Å². The molecule has 3 heteroatoms. The standard InChI is InChI=1S/C8H11N3/c1-7-10-3-6-2-9-4-8(1,6)5-11-7/h2,4,7,10-11H,1,3,5H2. The predicted octanol–water partition coefficient (Wildman–Crippen LogP) is -0.136. The van der Waals surface area contributed by atoms with Gasteiger partial charge in [-0.3, -0.25) is 10.3 Å². The lowest BCUT2D eigenvalue weighted by Gasteiger charge is -2.28. The van der Waals surface area contributed by atoms with Gasteiger partial charge in [0, 0.05) is 30.9 Å². The van der Waals surface area contributed by atoms with Crippen LogP contribution in [0.4, 0.5) is 0 Å². The third-order valence-corrected chi connectivity index (χ3v) is 2.96. The van der Waals surface area contributed by atoms with Crippen molar-refractivity contribution in [3.05, 3.63) is 11.8 Å². The number of rotatable bonds is 0. The number of aliphatic imine (C=N–C) groups is 1. The molecule has 0 aromatic rings. The van der Waals surface area contributed by atoms with E-state index in [9.17, 15) is 0 Å². The normalized spacial score (nSPS) is 45.8. The van der Waals surface area contributed by atoms with Crippen molar-refractivity contribution >= 4 is 6.21 Å². The average molecular weight is 149 g/mol. The van der Waals surface area contributed by atoms with Gasteiger partial charge in [0.1, 0.15) is 0 Å². The minimum absolute atomic E-state index is 0.302. The third-order valence-electron chi connectivity index (χ3n) is 2.96. The van der Waals surface area contributed by atoms with Gasteiger partial charge >= 0.3 is 0 Å². The van der Waals surface area contributed by atoms with Crippen molar-refractivity contribution in [2.45, 2.75) is 12.6 Å². The van der Waals surface area contributed by atoms with Crippen molar-refractivity contribution in [2.75, 3.05) is 13.1 Å². The number of nitrogens with zero attached hydrogens (tertiary/aromatic N) is 1. The molecule has 0 aliphatic carbocycles. The monoisotopic (exact) mass is 149 g/mol. The number of piperidine rings is 1. The lowest BCUT2D eigenvalue weighted by atomic mass is 9.79. The Labute approximate surface area is 65.6 Å². The van der Waals surface area contributed by atoms with Gasteiger partial charge in [0.05, 0.1) is 6.17 Å². The molecule has 3 rings (SSSR count). The summed E-state index contributed by atoms with van der Waals surface area (Å²) in [5.74, 6) is 0. The Balaban J connectivity index is 2.08. The summed E-state index contributed by atoms with van der Waals surface area (Å²) < 4.78 is 0. The van der Waals surface area contributed by atoms with Crippen LogP contribution >= 0.6 is 0 Å². The van der Waals surface area contributed by atoms with Gasteiger partial charge in [-0.15, -0.1) is 0 Å². The lowest BCUT2D eigenvalue weighted by Crippen LogP contribution is -2.41. The number of hydrogen-bond donors (Lipinski definition) is 2. The molecular weight excluding hydrogens is 138 g/mol. The maximum Gasteiger partial charge on any atom is 0.0587 e. The predicted molar refractivity (Wildman–Crippen MR) is 43.4 cm³/mol. The van der Waals surface area contributed by atoms with Crippen molar-refractivity contribution in [2.24, 2.45) is 10.4 Å². The molecule has 0 amide bonds. The van der Waals surface area contributed by atoms with Crippen LogP contribution in [0.2, 0.25) is 0 Å². The quantitative estimate of drug-likeness (QED) is 0.503. The fraction of sp³-hybridized carbons (Fsp3) is 0.625. The Kier molecular flexibility index (Phi) is 0.932. The van der Waals surface area contributed by atoms with E-state index >= 15 is 0 Å². The Morgan fingerprint density at radius 3 is 3.55 bits per heavy atom. The molecule has 2 fully saturated rings. The van der Waals surface area contributed by atoms with Gasteiger partial charge < -0.3 is 5.32 Å². The Bertz CT molecular complexity index is 256. The van der Waals surface area contributed by atoms with Crippen molar-refractivity contribution in [1.82, 2.24) is 10.6 Å². The summed E-state index contributed by atoms with van der Waals surface area (Å²) in [7, 11) is 0. The van der Waals surface area contributed by atoms with E-state index in [1.54, 1.807) is 0 Å². The molecule has 3 aliphatic heterocycles. The third kappa shape index (κ3) is 0.625. The average Bonchev–Trinajstić information content (AvgIpc) is 2.58. The molecule has 2 N–H and O–H groups in total. The van der Waals surface area contributed by atoms with E-state index in [1.807, 2.05) is 6.20 Å². The topological polar surface area (TPSA) is 36.4 Å². The highest BCUT2D eigenvalue weighted by atomic mass is 15.2. The highest BCUT2D eigenvalue weighted by Gasteiger charge is 2.45. The van der Waals surface area contributed by atoms with Gasteiger partial charge in [0.15, 0.2) is 0 Å². The van der Waals surface area contributed by atoms with Crippen molar-refractivity contribution in [3.63, 3.8) is 0 Å². The summed E-state index contributed by atoms with van der Waals surface area (Å²) in [5.41, 5.74) is 1.76. The summed E-state index contributed by atoms with van der Waals surface area (Å²) in [6.45, 7) is 2.08. The highest BCUT2D eigenvalue weighted by Crippen LogP contribution is 2.39. The van der Waals surface area contributed by atoms with E-state index in [4.69, 9.17) is 0 Å². The maximum absolute atomic E-state index is 4.23. The zero-order valence-electron chi connectivity index (χ0n) is 6.30. The van der Waals surface area contributed by atoms with Crippen LogP contribution in [0.3, 0.4) is 0 Å². The number of fused-ring (bicyclic) bond motifs is 1. The van der Waals surface area contributed by atoms with E-state index in [1.165, 1.54) is 12.0 Å². The largest absolute Gasteiger partial charge is 0.301 e. The zero-order valence-corrected chi connectivity index (χ0v) is 6.30. The van der Waals surface area contributed by atoms with Crippen molar-refractivity contribution in [1.29, 1.82) is 0 Å². The summed E-state index contributed by atoms with van der Waals surface area (Å²) in [6.07, 6.45) is 5.83. The smallest absolute Gasteiger partial charge is 0.0587 e. The molecule has 3 nitrogen and oxygen atoms in total. The molecule has 0 aromatic heterocycles. The van der Waals surface area contributed by atoms with Crippen LogP contribution in [-0.4, -0.2) is 25.5 Å². The molecule has 2 unspecified atom stereocenters. The molecule has 0 saturated carbocycles. The SMILES string of the molecule is C1=NC=C2CNC3CC12CN3. The van der Waals surface area contributed by atoms with Gasteiger partial charge in [-0.1, -0.05) is 0 Å². The maximum atomic E-state index is 4.23. The summed E-state index contributed by atoms with van der Waals surface area (Å²) in [6, 6.07) is 0. The second-order valence-corrected chi connectivity index (χ2v) is 3.61. The summed E-state index contributed by atoms with van der Waals surface area (Å²) in [4.78, 5) is 4.23. The fourth-order valence-electron chi connectivity index (χ4n) is 2.24. The minimum atomic E-state index is 0.302. The van der Waals surface area contributed by atoms with E-state index < -0.39 is 0 Å². The van der Waals surface area contributed by atoms with E-state index in [0.717, 1.165) is 13.1 Å². The van der Waals surface area contributed by atoms with Crippen molar-refractivity contribution in [3.8, 4) is 0 Å². The molecule has 2 atom stereocenters. The summed E-state index contributed by atoms with van der Waals surface area (Å²) >= 11 is 0. The number of nitrogens with one attached hydrogen (secondary N) is 2. The first kappa shape index (κ1) is 5.91. The van der Waals surface area contributed by atoms with Crippen LogP contribution in [0.15, 0.2) is 16.8 Å². The first-order valence-electron chi connectivity index (χ1n) is 4.10. The molecule has 11 heavy (non-hydrogen) atoms. The molecule has 2 saturated heterocycles. The van der Waals surface area contributed by atoms with Gasteiger partial charge in [-0.25, -0.2) is 0 Å². The minimum Gasteiger partial charge on any atom is -0.301 e. The van der Waals surface area contributed by atoms with Crippen LogP contribution in [0.25, 0.3) is 0 Å². The molecular formula is C8H11N3. The van der Waals surface area contributed by atoms with Crippen molar-refractivity contribution < 1.29 is 0 Å². The first-order valence-corrected chi connectivity index (χ1v) is 4.10. The van der Waals surface area contributed by atoms with E-state index in [2.05, 4.69) is 21.8 Å².